The van der Waals surface area contributed by atoms with Crippen molar-refractivity contribution >= 4 is 17.5 Å². The first-order chi connectivity index (χ1) is 10.0. The van der Waals surface area contributed by atoms with Crippen molar-refractivity contribution in [2.45, 2.75) is 44.9 Å². The van der Waals surface area contributed by atoms with Crippen molar-refractivity contribution in [3.05, 3.63) is 24.0 Å². The Balaban J connectivity index is 1.88. The number of rotatable bonds is 1. The molecule has 21 heavy (non-hydrogen) atoms. The number of amides is 2. The van der Waals surface area contributed by atoms with Gasteiger partial charge in [-0.3, -0.25) is 9.59 Å². The second-order valence-corrected chi connectivity index (χ2v) is 6.17. The summed E-state index contributed by atoms with van der Waals surface area (Å²) in [5.41, 5.74) is -0.274. The van der Waals surface area contributed by atoms with Crippen LogP contribution in [0.5, 0.6) is 5.75 Å². The fourth-order valence-corrected chi connectivity index (χ4v) is 3.60. The summed E-state index contributed by atoms with van der Waals surface area (Å²) in [5, 5.41) is 9.24. The molecule has 2 fully saturated rings. The Morgan fingerprint density at radius 3 is 2.24 bits per heavy atom. The highest BCUT2D eigenvalue weighted by molar-refractivity contribution is 6.17. The van der Waals surface area contributed by atoms with Gasteiger partial charge in [-0.1, -0.05) is 19.3 Å². The van der Waals surface area contributed by atoms with Gasteiger partial charge < -0.3 is 5.11 Å². The molecule has 1 saturated carbocycles. The van der Waals surface area contributed by atoms with Gasteiger partial charge in [0.05, 0.1) is 5.69 Å². The first-order valence-corrected chi connectivity index (χ1v) is 7.35. The number of carbonyl (C=O) groups excluding carboxylic acids is 2. The second-order valence-electron chi connectivity index (χ2n) is 6.17. The van der Waals surface area contributed by atoms with Crippen LogP contribution in [-0.2, 0) is 9.59 Å². The third-order valence-electron chi connectivity index (χ3n) is 4.64. The van der Waals surface area contributed by atoms with Crippen molar-refractivity contribution in [3.8, 4) is 5.75 Å². The Hall–Kier alpha value is -1.91. The van der Waals surface area contributed by atoms with Gasteiger partial charge in [0.1, 0.15) is 5.75 Å². The molecule has 1 spiro atoms. The van der Waals surface area contributed by atoms with Crippen molar-refractivity contribution in [1.29, 1.82) is 0 Å². The van der Waals surface area contributed by atoms with Crippen LogP contribution in [0, 0.1) is 11.2 Å². The zero-order valence-electron chi connectivity index (χ0n) is 11.8. The molecule has 1 aliphatic heterocycles. The van der Waals surface area contributed by atoms with Crippen LogP contribution < -0.4 is 4.90 Å². The summed E-state index contributed by atoms with van der Waals surface area (Å²) in [7, 11) is 0. The van der Waals surface area contributed by atoms with E-state index in [4.69, 9.17) is 0 Å². The van der Waals surface area contributed by atoms with E-state index in [2.05, 4.69) is 0 Å². The lowest BCUT2D eigenvalue weighted by atomic mass is 9.67. The maximum atomic E-state index is 13.9. The minimum Gasteiger partial charge on any atom is -0.508 e. The molecule has 2 amide bonds. The van der Waals surface area contributed by atoms with E-state index >= 15 is 0 Å². The number of nitrogens with zero attached hydrogens (tertiary/aromatic N) is 1. The Kier molecular flexibility index (Phi) is 3.43. The van der Waals surface area contributed by atoms with E-state index < -0.39 is 5.82 Å². The topological polar surface area (TPSA) is 57.6 Å². The standard InChI is InChI=1S/C16H18FNO3/c17-12-8-11(19)4-5-13(12)18-14(20)9-16(10-15(18)21)6-2-1-3-7-16/h4-5,8,19H,1-3,6-7,9-10H2. The molecule has 1 saturated heterocycles. The number of imide groups is 1. The molecule has 112 valence electrons. The first-order valence-electron chi connectivity index (χ1n) is 7.35. The number of aromatic hydroxyl groups is 1. The lowest BCUT2D eigenvalue weighted by Gasteiger charge is -2.42. The van der Waals surface area contributed by atoms with Crippen molar-refractivity contribution in [1.82, 2.24) is 0 Å². The van der Waals surface area contributed by atoms with Crippen molar-refractivity contribution in [2.75, 3.05) is 4.90 Å². The van der Waals surface area contributed by atoms with E-state index in [9.17, 15) is 19.1 Å². The number of carbonyl (C=O) groups is 2. The highest BCUT2D eigenvalue weighted by atomic mass is 19.1. The van der Waals surface area contributed by atoms with Crippen LogP contribution in [0.3, 0.4) is 0 Å². The number of phenols is 1. The predicted molar refractivity (Wildman–Crippen MR) is 75.3 cm³/mol. The second kappa shape index (κ2) is 5.13. The van der Waals surface area contributed by atoms with Crippen molar-refractivity contribution in [2.24, 2.45) is 5.41 Å². The fourth-order valence-electron chi connectivity index (χ4n) is 3.60. The highest BCUT2D eigenvalue weighted by Crippen LogP contribution is 2.46. The number of phenolic OH excluding ortho intramolecular Hbond substituents is 1. The van der Waals surface area contributed by atoms with Gasteiger partial charge in [-0.15, -0.1) is 0 Å². The number of piperidine rings is 1. The van der Waals surface area contributed by atoms with Gasteiger partial charge in [0.2, 0.25) is 11.8 Å². The number of hydrogen-bond acceptors (Lipinski definition) is 3. The SMILES string of the molecule is O=C1CC2(CCCCC2)CC(=O)N1c1ccc(O)cc1F. The van der Waals surface area contributed by atoms with Gasteiger partial charge in [0.25, 0.3) is 0 Å². The van der Waals surface area contributed by atoms with Crippen LogP contribution in [0.4, 0.5) is 10.1 Å². The molecule has 1 aromatic rings. The molecule has 0 aromatic heterocycles. The lowest BCUT2D eigenvalue weighted by molar-refractivity contribution is -0.134. The van der Waals surface area contributed by atoms with Gasteiger partial charge in [-0.05, 0) is 30.4 Å². The van der Waals surface area contributed by atoms with Gasteiger partial charge in [0.15, 0.2) is 5.82 Å². The smallest absolute Gasteiger partial charge is 0.234 e. The first kappa shape index (κ1) is 14.0. The van der Waals surface area contributed by atoms with E-state index in [1.807, 2.05) is 0 Å². The molecule has 0 bridgehead atoms. The normalized spacial score (nSPS) is 21.9. The maximum absolute atomic E-state index is 13.9. The molecule has 1 aliphatic carbocycles. The molecular weight excluding hydrogens is 273 g/mol. The molecule has 1 N–H and O–H groups in total. The van der Waals surface area contributed by atoms with Crippen molar-refractivity contribution < 1.29 is 19.1 Å². The van der Waals surface area contributed by atoms with Crippen LogP contribution in [0.25, 0.3) is 0 Å². The summed E-state index contributed by atoms with van der Waals surface area (Å²) in [6, 6.07) is 3.48. The number of halogens is 1. The van der Waals surface area contributed by atoms with Crippen LogP contribution in [0.1, 0.15) is 44.9 Å². The third kappa shape index (κ3) is 2.52. The summed E-state index contributed by atoms with van der Waals surface area (Å²) in [4.78, 5) is 25.7. The Morgan fingerprint density at radius 1 is 1.05 bits per heavy atom. The average Bonchev–Trinajstić information content (AvgIpc) is 2.41. The van der Waals surface area contributed by atoms with E-state index in [1.165, 1.54) is 12.1 Å². The van der Waals surface area contributed by atoms with Crippen molar-refractivity contribution in [3.63, 3.8) is 0 Å². The van der Waals surface area contributed by atoms with Crippen LogP contribution >= 0.6 is 0 Å². The molecule has 3 rings (SSSR count). The van der Waals surface area contributed by atoms with E-state index in [1.54, 1.807) is 0 Å². The van der Waals surface area contributed by atoms with Gasteiger partial charge in [-0.2, -0.15) is 0 Å². The summed E-state index contributed by atoms with van der Waals surface area (Å²) >= 11 is 0. The molecule has 1 aromatic carbocycles. The summed E-state index contributed by atoms with van der Waals surface area (Å²) in [6.45, 7) is 0. The molecule has 0 atom stereocenters. The minimum absolute atomic E-state index is 0.0616. The zero-order chi connectivity index (χ0) is 15.0. The zero-order valence-corrected chi connectivity index (χ0v) is 11.8. The largest absolute Gasteiger partial charge is 0.508 e. The summed E-state index contributed by atoms with van der Waals surface area (Å²) in [6.07, 6.45) is 5.66. The molecule has 4 nitrogen and oxygen atoms in total. The molecular formula is C16H18FNO3. The fraction of sp³-hybridized carbons (Fsp3) is 0.500. The molecule has 1 heterocycles. The number of benzene rings is 1. The minimum atomic E-state index is -0.753. The lowest BCUT2D eigenvalue weighted by Crippen LogP contribution is -2.49. The van der Waals surface area contributed by atoms with Gasteiger partial charge in [0, 0.05) is 18.9 Å². The maximum Gasteiger partial charge on any atom is 0.234 e. The number of anilines is 1. The summed E-state index contributed by atoms with van der Waals surface area (Å²) in [5.74, 6) is -1.65. The average molecular weight is 291 g/mol. The van der Waals surface area contributed by atoms with Crippen LogP contribution in [0.2, 0.25) is 0 Å². The van der Waals surface area contributed by atoms with E-state index in [-0.39, 0.29) is 28.7 Å². The third-order valence-corrected chi connectivity index (χ3v) is 4.64. The van der Waals surface area contributed by atoms with Crippen LogP contribution in [0.15, 0.2) is 18.2 Å². The molecule has 2 aliphatic rings. The van der Waals surface area contributed by atoms with Gasteiger partial charge >= 0.3 is 0 Å². The Morgan fingerprint density at radius 2 is 1.67 bits per heavy atom. The van der Waals surface area contributed by atoms with E-state index in [0.717, 1.165) is 43.1 Å². The highest BCUT2D eigenvalue weighted by Gasteiger charge is 2.45. The Bertz CT molecular complexity index is 573. The van der Waals surface area contributed by atoms with E-state index in [0.29, 0.717) is 12.8 Å². The molecule has 5 heteroatoms. The number of hydrogen-bond donors (Lipinski definition) is 1. The molecule has 0 unspecified atom stereocenters. The Labute approximate surface area is 122 Å². The predicted octanol–water partition coefficient (Wildman–Crippen LogP) is 3.14. The van der Waals surface area contributed by atoms with Gasteiger partial charge in [-0.25, -0.2) is 9.29 Å². The quantitative estimate of drug-likeness (QED) is 0.809. The summed E-state index contributed by atoms with van der Waals surface area (Å²) < 4.78 is 13.9. The monoisotopic (exact) mass is 291 g/mol. The van der Waals surface area contributed by atoms with Crippen LogP contribution in [-0.4, -0.2) is 16.9 Å². The molecule has 0 radical (unpaired) electrons.